The molecule has 1 aliphatic rings. The zero-order chi connectivity index (χ0) is 29.0. The predicted octanol–water partition coefficient (Wildman–Crippen LogP) is 6.35. The molecule has 4 aromatic carbocycles. The average molecular weight is 565 g/mol. The summed E-state index contributed by atoms with van der Waals surface area (Å²) in [7, 11) is 0. The first-order valence-corrected chi connectivity index (χ1v) is 14.1. The molecule has 1 fully saturated rings. The molecule has 0 amide bonds. The number of azide groups is 1. The lowest BCUT2D eigenvalue weighted by molar-refractivity contribution is -0.223. The Bertz CT molecular complexity index is 1390. The van der Waals surface area contributed by atoms with Gasteiger partial charge in [0.15, 0.2) is 0 Å². The van der Waals surface area contributed by atoms with E-state index in [1.807, 2.05) is 121 Å². The lowest BCUT2D eigenvalue weighted by atomic mass is 9.81. The van der Waals surface area contributed by atoms with Crippen LogP contribution in [-0.4, -0.2) is 36.5 Å². The van der Waals surface area contributed by atoms with E-state index < -0.39 is 36.5 Å². The van der Waals surface area contributed by atoms with Crippen LogP contribution in [0.2, 0.25) is 0 Å². The normalized spacial score (nSPS) is 23.6. The second kappa shape index (κ2) is 15.3. The van der Waals surface area contributed by atoms with Gasteiger partial charge in [-0.3, -0.25) is 0 Å². The third kappa shape index (κ3) is 7.84. The molecule has 4 aromatic rings. The maximum absolute atomic E-state index is 9.58. The van der Waals surface area contributed by atoms with E-state index in [2.05, 4.69) is 10.0 Å². The van der Waals surface area contributed by atoms with Crippen LogP contribution in [0.4, 0.5) is 0 Å². The van der Waals surface area contributed by atoms with Crippen LogP contribution >= 0.6 is 0 Å². The van der Waals surface area contributed by atoms with Gasteiger partial charge in [-0.05, 0) is 27.8 Å². The Kier molecular flexibility index (Phi) is 10.7. The van der Waals surface area contributed by atoms with E-state index in [0.29, 0.717) is 26.4 Å². The summed E-state index contributed by atoms with van der Waals surface area (Å²) in [5.74, 6) is 0. The summed E-state index contributed by atoms with van der Waals surface area (Å²) in [6, 6.07) is 38.1. The Balaban J connectivity index is 1.48. The summed E-state index contributed by atoms with van der Waals surface area (Å²) in [6.45, 7) is 1.24. The van der Waals surface area contributed by atoms with Crippen LogP contribution in [0.15, 0.2) is 126 Å². The Morgan fingerprint density at radius 1 is 0.500 bits per heavy atom. The fraction of sp³-hybridized carbons (Fsp3) is 0.294. The van der Waals surface area contributed by atoms with Gasteiger partial charge >= 0.3 is 0 Å². The van der Waals surface area contributed by atoms with Gasteiger partial charge in [-0.1, -0.05) is 126 Å². The lowest BCUT2D eigenvalue weighted by Crippen LogP contribution is -2.68. The number of rotatable bonds is 13. The highest BCUT2D eigenvalue weighted by Crippen LogP contribution is 2.33. The van der Waals surface area contributed by atoms with Crippen LogP contribution in [0.3, 0.4) is 0 Å². The quantitative estimate of drug-likeness (QED) is 0.116. The molecule has 5 rings (SSSR count). The van der Waals surface area contributed by atoms with Gasteiger partial charge in [0, 0.05) is 11.0 Å². The van der Waals surface area contributed by atoms with Gasteiger partial charge in [0.25, 0.3) is 0 Å². The van der Waals surface area contributed by atoms with Crippen LogP contribution in [0, 0.1) is 0 Å². The van der Waals surface area contributed by atoms with Gasteiger partial charge in [-0.15, -0.1) is 0 Å². The van der Waals surface area contributed by atoms with E-state index in [1.54, 1.807) is 0 Å². The van der Waals surface area contributed by atoms with E-state index in [0.717, 1.165) is 22.3 Å². The van der Waals surface area contributed by atoms with Crippen molar-refractivity contribution in [3.05, 3.63) is 154 Å². The van der Waals surface area contributed by atoms with Crippen molar-refractivity contribution < 1.29 is 18.9 Å². The maximum Gasteiger partial charge on any atom is 0.114 e. The Hall–Kier alpha value is -4.01. The molecule has 0 radical (unpaired) electrons. The largest absolute Gasteiger partial charge is 0.370 e. The van der Waals surface area contributed by atoms with E-state index in [4.69, 9.17) is 24.7 Å². The third-order valence-corrected chi connectivity index (χ3v) is 7.41. The topological polar surface area (TPSA) is 112 Å². The molecule has 1 saturated carbocycles. The molecule has 216 valence electrons. The van der Waals surface area contributed by atoms with Gasteiger partial charge in [0.05, 0.1) is 38.6 Å². The first-order valence-electron chi connectivity index (χ1n) is 14.1. The lowest BCUT2D eigenvalue weighted by Gasteiger charge is -2.48. The molecular formula is C34H36N4O4. The summed E-state index contributed by atoms with van der Waals surface area (Å²) in [4.78, 5) is 3.15. The summed E-state index contributed by atoms with van der Waals surface area (Å²) in [6.07, 6.45) is -2.58. The number of hydrogen-bond acceptors (Lipinski definition) is 6. The van der Waals surface area contributed by atoms with Gasteiger partial charge < -0.3 is 24.7 Å². The zero-order valence-corrected chi connectivity index (χ0v) is 23.4. The highest BCUT2D eigenvalue weighted by molar-refractivity contribution is 5.18. The summed E-state index contributed by atoms with van der Waals surface area (Å²) < 4.78 is 26.2. The van der Waals surface area contributed by atoms with Crippen molar-refractivity contribution in [2.45, 2.75) is 62.9 Å². The van der Waals surface area contributed by atoms with E-state index in [1.165, 1.54) is 0 Å². The fourth-order valence-corrected chi connectivity index (χ4v) is 5.25. The molecular weight excluding hydrogens is 528 g/mol. The predicted molar refractivity (Wildman–Crippen MR) is 161 cm³/mol. The van der Waals surface area contributed by atoms with Crippen molar-refractivity contribution >= 4 is 0 Å². The Labute approximate surface area is 246 Å². The van der Waals surface area contributed by atoms with Crippen molar-refractivity contribution in [2.75, 3.05) is 0 Å². The number of nitrogens with two attached hydrogens (primary N) is 1. The first-order chi connectivity index (χ1) is 20.7. The third-order valence-electron chi connectivity index (χ3n) is 7.41. The number of benzene rings is 4. The van der Waals surface area contributed by atoms with Crippen molar-refractivity contribution in [1.29, 1.82) is 0 Å². The Morgan fingerprint density at radius 2 is 0.810 bits per heavy atom. The van der Waals surface area contributed by atoms with Crippen LogP contribution in [0.5, 0.6) is 0 Å². The van der Waals surface area contributed by atoms with E-state index in [9.17, 15) is 5.53 Å². The molecule has 0 aromatic heterocycles. The minimum atomic E-state index is -0.753. The first kappa shape index (κ1) is 29.5. The second-order valence-electron chi connectivity index (χ2n) is 10.3. The second-order valence-corrected chi connectivity index (χ2v) is 10.3. The van der Waals surface area contributed by atoms with Crippen molar-refractivity contribution in [1.82, 2.24) is 0 Å². The van der Waals surface area contributed by atoms with Crippen molar-refractivity contribution in [3.63, 3.8) is 0 Å². The van der Waals surface area contributed by atoms with Gasteiger partial charge in [0.2, 0.25) is 0 Å². The molecule has 0 aliphatic heterocycles. The summed E-state index contributed by atoms with van der Waals surface area (Å²) in [5.41, 5.74) is 20.4. The monoisotopic (exact) mass is 564 g/mol. The molecule has 0 spiro atoms. The van der Waals surface area contributed by atoms with Gasteiger partial charge in [-0.2, -0.15) is 0 Å². The molecule has 6 atom stereocenters. The molecule has 8 heteroatoms. The zero-order valence-electron chi connectivity index (χ0n) is 23.4. The molecule has 42 heavy (non-hydrogen) atoms. The molecule has 0 heterocycles. The van der Waals surface area contributed by atoms with Crippen LogP contribution in [0.1, 0.15) is 22.3 Å². The smallest absolute Gasteiger partial charge is 0.114 e. The van der Waals surface area contributed by atoms with E-state index >= 15 is 0 Å². The number of ether oxygens (including phenoxy) is 4. The average Bonchev–Trinajstić information content (AvgIpc) is 3.05. The SMILES string of the molecule is [N-]=[N+]=N[C@H]1[C@@H](N)[C@H](OCc2ccccc2)[C@@H](OCc2ccccc2)[C@H](OCc2ccccc2)[C@H]1OCc1ccccc1. The minimum absolute atomic E-state index is 0.293. The highest BCUT2D eigenvalue weighted by Gasteiger charge is 2.52. The molecule has 1 aliphatic carbocycles. The number of hydrogen-bond donors (Lipinski definition) is 1. The molecule has 0 saturated heterocycles. The van der Waals surface area contributed by atoms with E-state index in [-0.39, 0.29) is 0 Å². The fourth-order valence-electron chi connectivity index (χ4n) is 5.25. The van der Waals surface area contributed by atoms with Crippen LogP contribution in [0.25, 0.3) is 10.4 Å². The number of nitrogens with zero attached hydrogens (tertiary/aromatic N) is 3. The molecule has 0 bridgehead atoms. The van der Waals surface area contributed by atoms with Crippen molar-refractivity contribution in [2.24, 2.45) is 10.8 Å². The van der Waals surface area contributed by atoms with Crippen LogP contribution < -0.4 is 5.73 Å². The molecule has 2 N–H and O–H groups in total. The van der Waals surface area contributed by atoms with Crippen molar-refractivity contribution in [3.8, 4) is 0 Å². The molecule has 0 unspecified atom stereocenters. The summed E-state index contributed by atoms with van der Waals surface area (Å²) in [5, 5.41) is 4.14. The standard InChI is InChI=1S/C34H36N4O4/c35-29-30(37-38-36)32(40-22-26-15-7-2-8-16-26)34(42-24-28-19-11-4-12-20-28)33(41-23-27-17-9-3-10-18-27)31(29)39-21-25-13-5-1-6-14-25/h1-20,29-34H,21-24,35H2/t29-,30+,31+,32+,33-,34-/m1/s1. The maximum atomic E-state index is 9.58. The van der Waals surface area contributed by atoms with Crippen LogP contribution in [-0.2, 0) is 45.4 Å². The van der Waals surface area contributed by atoms with Gasteiger partial charge in [-0.25, -0.2) is 0 Å². The highest BCUT2D eigenvalue weighted by atomic mass is 16.6. The Morgan fingerprint density at radius 3 is 1.17 bits per heavy atom. The molecule has 8 nitrogen and oxygen atoms in total. The minimum Gasteiger partial charge on any atom is -0.370 e. The summed E-state index contributed by atoms with van der Waals surface area (Å²) >= 11 is 0. The van der Waals surface area contributed by atoms with Gasteiger partial charge in [0.1, 0.15) is 18.3 Å².